The van der Waals surface area contributed by atoms with Crippen LogP contribution >= 0.6 is 0 Å². The second-order valence-electron chi connectivity index (χ2n) is 8.94. The van der Waals surface area contributed by atoms with Gasteiger partial charge in [0.1, 0.15) is 5.75 Å². The summed E-state index contributed by atoms with van der Waals surface area (Å²) in [5, 5.41) is 13.3. The number of aromatic amines is 1. The van der Waals surface area contributed by atoms with Crippen molar-refractivity contribution in [1.29, 1.82) is 0 Å². The zero-order valence-electron chi connectivity index (χ0n) is 19.9. The van der Waals surface area contributed by atoms with Crippen LogP contribution in [0, 0.1) is 0 Å². The van der Waals surface area contributed by atoms with Crippen molar-refractivity contribution in [3.05, 3.63) is 81.9 Å². The lowest BCUT2D eigenvalue weighted by Crippen LogP contribution is -2.30. The number of tetrazole rings is 1. The van der Waals surface area contributed by atoms with E-state index in [9.17, 15) is 4.79 Å². The SMILES string of the molecule is COc1ccc2[nH]c(=O)c(CN(CCc3ccccc3)Cc3nnnn3C[C@@H]3CCCO3)cc2c1. The van der Waals surface area contributed by atoms with Gasteiger partial charge in [0, 0.05) is 36.2 Å². The lowest BCUT2D eigenvalue weighted by Gasteiger charge is -2.22. The fraction of sp³-hybridized carbons (Fsp3) is 0.385. The minimum atomic E-state index is -0.0914. The molecule has 0 spiro atoms. The molecule has 1 N–H and O–H groups in total. The Morgan fingerprint density at radius 2 is 2.06 bits per heavy atom. The van der Waals surface area contributed by atoms with Crippen LogP contribution in [-0.2, 0) is 30.8 Å². The fourth-order valence-corrected chi connectivity index (χ4v) is 4.52. The Morgan fingerprint density at radius 1 is 1.17 bits per heavy atom. The van der Waals surface area contributed by atoms with Gasteiger partial charge in [-0.15, -0.1) is 5.10 Å². The molecule has 9 heteroatoms. The van der Waals surface area contributed by atoms with Crippen LogP contribution in [0.5, 0.6) is 5.75 Å². The number of benzene rings is 2. The second kappa shape index (κ2) is 10.8. The first-order chi connectivity index (χ1) is 17.2. The van der Waals surface area contributed by atoms with Gasteiger partial charge in [-0.1, -0.05) is 30.3 Å². The minimum absolute atomic E-state index is 0.0914. The Bertz CT molecular complexity index is 1310. The standard InChI is InChI=1S/C26H30N6O3/c1-34-22-9-10-24-20(15-22)14-21(26(33)27-24)16-31(12-11-19-6-3-2-4-7-19)18-25-28-29-30-32(25)17-23-8-5-13-35-23/h2-4,6-7,9-10,14-15,23H,5,8,11-13,16-18H2,1H3,(H,27,33)/t23-/m0/s1. The molecule has 1 saturated heterocycles. The lowest BCUT2D eigenvalue weighted by molar-refractivity contribution is 0.0916. The van der Waals surface area contributed by atoms with E-state index in [0.717, 1.165) is 54.9 Å². The molecule has 5 rings (SSSR count). The van der Waals surface area contributed by atoms with E-state index in [1.807, 2.05) is 47.1 Å². The van der Waals surface area contributed by atoms with Crippen molar-refractivity contribution >= 4 is 10.9 Å². The molecular weight excluding hydrogens is 444 g/mol. The molecule has 1 atom stereocenters. The van der Waals surface area contributed by atoms with Crippen LogP contribution in [0.4, 0.5) is 0 Å². The topological polar surface area (TPSA) is 98.2 Å². The summed E-state index contributed by atoms with van der Waals surface area (Å²) in [5.41, 5.74) is 2.63. The van der Waals surface area contributed by atoms with Gasteiger partial charge in [0.05, 0.1) is 26.3 Å². The number of hydrogen-bond acceptors (Lipinski definition) is 7. The third-order valence-corrected chi connectivity index (χ3v) is 6.45. The number of nitrogens with one attached hydrogen (secondary N) is 1. The molecule has 9 nitrogen and oxygen atoms in total. The Hall–Kier alpha value is -3.56. The van der Waals surface area contributed by atoms with Gasteiger partial charge in [-0.3, -0.25) is 9.69 Å². The zero-order valence-corrected chi connectivity index (χ0v) is 19.9. The Kier molecular flexibility index (Phi) is 7.15. The van der Waals surface area contributed by atoms with E-state index >= 15 is 0 Å². The molecule has 2 aromatic carbocycles. The van der Waals surface area contributed by atoms with Crippen LogP contribution in [-0.4, -0.2) is 56.5 Å². The van der Waals surface area contributed by atoms with E-state index in [1.54, 1.807) is 7.11 Å². The molecule has 35 heavy (non-hydrogen) atoms. The van der Waals surface area contributed by atoms with Crippen LogP contribution in [0.25, 0.3) is 10.9 Å². The van der Waals surface area contributed by atoms with Crippen LogP contribution in [0.15, 0.2) is 59.4 Å². The summed E-state index contributed by atoms with van der Waals surface area (Å²) < 4.78 is 13.0. The number of aromatic nitrogens is 5. The normalized spacial score (nSPS) is 15.8. The van der Waals surface area contributed by atoms with E-state index < -0.39 is 0 Å². The fourth-order valence-electron chi connectivity index (χ4n) is 4.52. The first-order valence-electron chi connectivity index (χ1n) is 12.0. The van der Waals surface area contributed by atoms with Gasteiger partial charge in [-0.2, -0.15) is 0 Å². The van der Waals surface area contributed by atoms with Crippen molar-refractivity contribution in [3.8, 4) is 5.75 Å². The predicted octanol–water partition coefficient (Wildman–Crippen LogP) is 2.95. The molecule has 1 aliphatic heterocycles. The summed E-state index contributed by atoms with van der Waals surface area (Å²) in [6, 6.07) is 17.9. The van der Waals surface area contributed by atoms with Crippen molar-refractivity contribution in [2.75, 3.05) is 20.3 Å². The average molecular weight is 475 g/mol. The molecule has 0 amide bonds. The highest BCUT2D eigenvalue weighted by Gasteiger charge is 2.20. The molecule has 182 valence electrons. The predicted molar refractivity (Wildman–Crippen MR) is 132 cm³/mol. The number of rotatable bonds is 10. The quantitative estimate of drug-likeness (QED) is 0.377. The summed E-state index contributed by atoms with van der Waals surface area (Å²) in [6.07, 6.45) is 3.09. The highest BCUT2D eigenvalue weighted by molar-refractivity contribution is 5.80. The van der Waals surface area contributed by atoms with Crippen LogP contribution < -0.4 is 10.3 Å². The highest BCUT2D eigenvalue weighted by Crippen LogP contribution is 2.20. The zero-order chi connectivity index (χ0) is 24.0. The molecular formula is C26H30N6O3. The Balaban J connectivity index is 1.39. The summed E-state index contributed by atoms with van der Waals surface area (Å²) >= 11 is 0. The molecule has 0 unspecified atom stereocenters. The summed E-state index contributed by atoms with van der Waals surface area (Å²) in [5.74, 6) is 1.53. The summed E-state index contributed by atoms with van der Waals surface area (Å²) in [7, 11) is 1.64. The maximum atomic E-state index is 12.9. The smallest absolute Gasteiger partial charge is 0.252 e. The largest absolute Gasteiger partial charge is 0.497 e. The molecule has 3 heterocycles. The number of ether oxygens (including phenoxy) is 2. The van der Waals surface area contributed by atoms with E-state index in [2.05, 4.69) is 37.5 Å². The molecule has 0 aliphatic carbocycles. The maximum Gasteiger partial charge on any atom is 0.252 e. The highest BCUT2D eigenvalue weighted by atomic mass is 16.5. The van der Waals surface area contributed by atoms with Gasteiger partial charge in [0.15, 0.2) is 5.82 Å². The van der Waals surface area contributed by atoms with Crippen molar-refractivity contribution in [2.24, 2.45) is 0 Å². The lowest BCUT2D eigenvalue weighted by atomic mass is 10.1. The molecule has 1 aliphatic rings. The number of hydrogen-bond donors (Lipinski definition) is 1. The minimum Gasteiger partial charge on any atom is -0.497 e. The van der Waals surface area contributed by atoms with E-state index in [-0.39, 0.29) is 11.7 Å². The van der Waals surface area contributed by atoms with Gasteiger partial charge in [0.25, 0.3) is 5.56 Å². The van der Waals surface area contributed by atoms with Crippen molar-refractivity contribution in [3.63, 3.8) is 0 Å². The molecule has 0 bridgehead atoms. The molecule has 2 aromatic heterocycles. The molecule has 0 saturated carbocycles. The third-order valence-electron chi connectivity index (χ3n) is 6.45. The number of methoxy groups -OCH3 is 1. The van der Waals surface area contributed by atoms with E-state index in [0.29, 0.717) is 25.2 Å². The number of H-pyrrole nitrogens is 1. The van der Waals surface area contributed by atoms with Gasteiger partial charge in [0.2, 0.25) is 0 Å². The van der Waals surface area contributed by atoms with Gasteiger partial charge < -0.3 is 14.5 Å². The maximum absolute atomic E-state index is 12.9. The Morgan fingerprint density at radius 3 is 2.86 bits per heavy atom. The Labute approximate surface area is 203 Å². The van der Waals surface area contributed by atoms with Crippen molar-refractivity contribution in [2.45, 2.75) is 45.0 Å². The van der Waals surface area contributed by atoms with Gasteiger partial charge >= 0.3 is 0 Å². The van der Waals surface area contributed by atoms with E-state index in [4.69, 9.17) is 9.47 Å². The van der Waals surface area contributed by atoms with E-state index in [1.165, 1.54) is 5.56 Å². The third kappa shape index (κ3) is 5.75. The number of pyridine rings is 1. The molecule has 4 aromatic rings. The molecule has 1 fully saturated rings. The number of fused-ring (bicyclic) bond motifs is 1. The van der Waals surface area contributed by atoms with Crippen LogP contribution in [0.3, 0.4) is 0 Å². The number of nitrogens with zero attached hydrogens (tertiary/aromatic N) is 5. The van der Waals surface area contributed by atoms with Crippen LogP contribution in [0.1, 0.15) is 29.8 Å². The molecule has 0 radical (unpaired) electrons. The van der Waals surface area contributed by atoms with Crippen molar-refractivity contribution in [1.82, 2.24) is 30.1 Å². The van der Waals surface area contributed by atoms with Crippen molar-refractivity contribution < 1.29 is 9.47 Å². The average Bonchev–Trinajstić information content (AvgIpc) is 3.56. The summed E-state index contributed by atoms with van der Waals surface area (Å²) in [6.45, 7) is 3.20. The first-order valence-corrected chi connectivity index (χ1v) is 12.0. The monoisotopic (exact) mass is 474 g/mol. The first kappa shape index (κ1) is 23.2. The van der Waals surface area contributed by atoms with Crippen LogP contribution in [0.2, 0.25) is 0 Å². The van der Waals surface area contributed by atoms with Gasteiger partial charge in [-0.05, 0) is 59.5 Å². The summed E-state index contributed by atoms with van der Waals surface area (Å²) in [4.78, 5) is 18.2. The van der Waals surface area contributed by atoms with Gasteiger partial charge in [-0.25, -0.2) is 4.68 Å². The second-order valence-corrected chi connectivity index (χ2v) is 8.94.